The smallest absolute Gasteiger partial charge is 0.381 e. The molecule has 9 nitrogen and oxygen atoms in total. The number of ether oxygens (including phenoxy) is 1. The molecule has 1 saturated carbocycles. The van der Waals surface area contributed by atoms with Gasteiger partial charge in [0.2, 0.25) is 17.8 Å². The minimum absolute atomic E-state index is 0.140. The number of aromatic nitrogens is 4. The summed E-state index contributed by atoms with van der Waals surface area (Å²) in [5.41, 5.74) is 4.83. The van der Waals surface area contributed by atoms with E-state index in [9.17, 15) is 22.4 Å². The van der Waals surface area contributed by atoms with Gasteiger partial charge in [0.15, 0.2) is 5.65 Å². The molecule has 0 unspecified atom stereocenters. The second-order valence-electron chi connectivity index (χ2n) is 9.58. The molecule has 3 aromatic rings. The first kappa shape index (κ1) is 26.4. The van der Waals surface area contributed by atoms with Crippen molar-refractivity contribution in [1.29, 1.82) is 0 Å². The molecule has 2 fully saturated rings. The van der Waals surface area contributed by atoms with Crippen LogP contribution in [0.1, 0.15) is 50.1 Å². The van der Waals surface area contributed by atoms with Crippen LogP contribution < -0.4 is 16.4 Å². The lowest BCUT2D eigenvalue weighted by Crippen LogP contribution is -2.29. The first-order valence-corrected chi connectivity index (χ1v) is 12.7. The molecule has 5 rings (SSSR count). The van der Waals surface area contributed by atoms with Crippen molar-refractivity contribution in [1.82, 2.24) is 19.5 Å². The van der Waals surface area contributed by atoms with Gasteiger partial charge in [0, 0.05) is 31.2 Å². The Morgan fingerprint density at radius 3 is 2.45 bits per heavy atom. The zero-order valence-electron chi connectivity index (χ0n) is 20.2. The molecule has 3 heterocycles. The highest BCUT2D eigenvalue weighted by atomic mass is 35.5. The molecule has 38 heavy (non-hydrogen) atoms. The number of primary amides is 1. The van der Waals surface area contributed by atoms with Gasteiger partial charge in [0.1, 0.15) is 11.3 Å². The summed E-state index contributed by atoms with van der Waals surface area (Å²) in [6.07, 6.45) is 0.629. The largest absolute Gasteiger partial charge is 0.416 e. The summed E-state index contributed by atoms with van der Waals surface area (Å²) in [4.78, 5) is 25.3. The van der Waals surface area contributed by atoms with Crippen LogP contribution in [0.2, 0.25) is 5.02 Å². The number of hydrogen-bond acceptors (Lipinski definition) is 7. The van der Waals surface area contributed by atoms with E-state index in [0.29, 0.717) is 68.1 Å². The van der Waals surface area contributed by atoms with Crippen molar-refractivity contribution in [2.45, 2.75) is 56.8 Å². The Bertz CT molecular complexity index is 1310. The van der Waals surface area contributed by atoms with E-state index in [1.54, 1.807) is 4.57 Å². The van der Waals surface area contributed by atoms with Gasteiger partial charge in [-0.2, -0.15) is 18.2 Å². The van der Waals surface area contributed by atoms with E-state index < -0.39 is 22.6 Å². The highest BCUT2D eigenvalue weighted by Gasteiger charge is 2.33. The molecule has 0 radical (unpaired) electrons. The Morgan fingerprint density at radius 2 is 1.82 bits per heavy atom. The van der Waals surface area contributed by atoms with Gasteiger partial charge in [0.05, 0.1) is 22.5 Å². The van der Waals surface area contributed by atoms with Gasteiger partial charge in [0.25, 0.3) is 0 Å². The number of nitrogens with two attached hydrogens (primary N) is 1. The molecule has 14 heteroatoms. The summed E-state index contributed by atoms with van der Waals surface area (Å²) in [5.74, 6) is -1.24. The highest BCUT2D eigenvalue weighted by Crippen LogP contribution is 2.40. The van der Waals surface area contributed by atoms with Crippen LogP contribution in [-0.4, -0.2) is 44.7 Å². The molecular formula is C24H26ClF4N7O2. The predicted octanol–water partition coefficient (Wildman–Crippen LogP) is 5.19. The van der Waals surface area contributed by atoms with Crippen molar-refractivity contribution in [3.8, 4) is 0 Å². The van der Waals surface area contributed by atoms with E-state index in [2.05, 4.69) is 25.6 Å². The standard InChI is InChI=1S/C24H26ClF4N7O2/c25-16-9-13(24(27,28)29)10-17(26)19(16)34-23-33-18-11-31-22(32-14-5-7-38-8-6-14)35-21(18)36(23)15-3-1-12(2-4-15)20(30)37/h9-12,14-15H,1-8H2,(H2,30,37)(H,33,34)(H,31,32,35)/t12-,15-. The highest BCUT2D eigenvalue weighted by molar-refractivity contribution is 6.33. The lowest BCUT2D eigenvalue weighted by molar-refractivity contribution is -0.137. The van der Waals surface area contributed by atoms with Crippen molar-refractivity contribution >= 4 is 46.3 Å². The third-order valence-corrected chi connectivity index (χ3v) is 7.36. The van der Waals surface area contributed by atoms with E-state index in [1.807, 2.05) is 0 Å². The summed E-state index contributed by atoms with van der Waals surface area (Å²) < 4.78 is 61.4. The molecule has 2 aliphatic rings. The molecule has 1 aliphatic heterocycles. The number of nitrogens with zero attached hydrogens (tertiary/aromatic N) is 4. The van der Waals surface area contributed by atoms with E-state index in [0.717, 1.165) is 12.8 Å². The van der Waals surface area contributed by atoms with Crippen LogP contribution in [0, 0.1) is 11.7 Å². The fraction of sp³-hybridized carbons (Fsp3) is 0.500. The fourth-order valence-corrected chi connectivity index (χ4v) is 5.26. The lowest BCUT2D eigenvalue weighted by Gasteiger charge is -2.29. The minimum atomic E-state index is -4.75. The molecule has 1 amide bonds. The molecule has 0 spiro atoms. The molecular weight excluding hydrogens is 530 g/mol. The number of rotatable bonds is 6. The summed E-state index contributed by atoms with van der Waals surface area (Å²) in [7, 11) is 0. The van der Waals surface area contributed by atoms with Crippen LogP contribution in [0.25, 0.3) is 11.2 Å². The maximum atomic E-state index is 14.8. The summed E-state index contributed by atoms with van der Waals surface area (Å²) in [6, 6.07) is 1.00. The van der Waals surface area contributed by atoms with Gasteiger partial charge in [-0.1, -0.05) is 11.6 Å². The van der Waals surface area contributed by atoms with Crippen LogP contribution in [0.15, 0.2) is 18.3 Å². The van der Waals surface area contributed by atoms with Crippen molar-refractivity contribution in [3.05, 3.63) is 34.7 Å². The first-order chi connectivity index (χ1) is 18.1. The van der Waals surface area contributed by atoms with Gasteiger partial charge in [-0.25, -0.2) is 14.4 Å². The van der Waals surface area contributed by atoms with Crippen LogP contribution in [0.3, 0.4) is 0 Å². The Hall–Kier alpha value is -3.19. The number of carbonyl (C=O) groups is 1. The number of amides is 1. The van der Waals surface area contributed by atoms with Crippen molar-refractivity contribution in [2.24, 2.45) is 11.7 Å². The number of alkyl halides is 3. The maximum absolute atomic E-state index is 14.8. The van der Waals surface area contributed by atoms with Crippen molar-refractivity contribution in [2.75, 3.05) is 23.8 Å². The number of halogens is 5. The summed E-state index contributed by atoms with van der Waals surface area (Å²) >= 11 is 6.08. The number of fused-ring (bicyclic) bond motifs is 1. The van der Waals surface area contributed by atoms with E-state index >= 15 is 0 Å². The number of hydrogen-bond donors (Lipinski definition) is 3. The molecule has 1 aromatic carbocycles. The van der Waals surface area contributed by atoms with Crippen LogP contribution in [0.5, 0.6) is 0 Å². The third-order valence-electron chi connectivity index (χ3n) is 7.06. The second-order valence-corrected chi connectivity index (χ2v) is 9.99. The average Bonchev–Trinajstić information content (AvgIpc) is 3.23. The zero-order chi connectivity index (χ0) is 27.0. The number of carbonyl (C=O) groups excluding carboxylic acids is 1. The Morgan fingerprint density at radius 1 is 1.11 bits per heavy atom. The van der Waals surface area contributed by atoms with Crippen LogP contribution >= 0.6 is 11.6 Å². The first-order valence-electron chi connectivity index (χ1n) is 12.3. The molecule has 1 aliphatic carbocycles. The molecule has 0 atom stereocenters. The van der Waals surface area contributed by atoms with E-state index in [4.69, 9.17) is 22.1 Å². The zero-order valence-corrected chi connectivity index (χ0v) is 20.9. The Balaban J connectivity index is 1.52. The van der Waals surface area contributed by atoms with Crippen molar-refractivity contribution in [3.63, 3.8) is 0 Å². The van der Waals surface area contributed by atoms with Gasteiger partial charge < -0.3 is 21.1 Å². The normalized spacial score (nSPS) is 21.0. The molecule has 1 saturated heterocycles. The van der Waals surface area contributed by atoms with Gasteiger partial charge in [-0.3, -0.25) is 9.36 Å². The maximum Gasteiger partial charge on any atom is 0.416 e. The number of benzene rings is 1. The second kappa shape index (κ2) is 10.5. The van der Waals surface area contributed by atoms with Gasteiger partial charge in [-0.05, 0) is 50.7 Å². The van der Waals surface area contributed by atoms with Crippen LogP contribution in [0.4, 0.5) is 35.1 Å². The predicted molar refractivity (Wildman–Crippen MR) is 133 cm³/mol. The number of anilines is 3. The summed E-state index contributed by atoms with van der Waals surface area (Å²) in [6.45, 7) is 1.27. The van der Waals surface area contributed by atoms with Crippen LogP contribution in [-0.2, 0) is 15.7 Å². The number of imidazole rings is 1. The monoisotopic (exact) mass is 555 g/mol. The van der Waals surface area contributed by atoms with Gasteiger partial charge in [-0.15, -0.1) is 0 Å². The van der Waals surface area contributed by atoms with Gasteiger partial charge >= 0.3 is 6.18 Å². The topological polar surface area (TPSA) is 120 Å². The Kier molecular flexibility index (Phi) is 7.32. The molecule has 204 valence electrons. The molecule has 4 N–H and O–H groups in total. The quantitative estimate of drug-likeness (QED) is 0.358. The average molecular weight is 556 g/mol. The fourth-order valence-electron chi connectivity index (χ4n) is 5.01. The third kappa shape index (κ3) is 5.48. The summed E-state index contributed by atoms with van der Waals surface area (Å²) in [5, 5.41) is 5.66. The van der Waals surface area contributed by atoms with E-state index in [-0.39, 0.29) is 35.5 Å². The molecule has 0 bridgehead atoms. The molecule has 2 aromatic heterocycles. The van der Waals surface area contributed by atoms with E-state index in [1.165, 1.54) is 6.20 Å². The number of nitrogens with one attached hydrogen (secondary N) is 2. The SMILES string of the molecule is NC(=O)[C@H]1CC[C@H](n2c(Nc3c(F)cc(C(F)(F)F)cc3Cl)nc3cnc(NC4CCOCC4)nc32)CC1. The lowest BCUT2D eigenvalue weighted by atomic mass is 9.85. The Labute approximate surface area is 220 Å². The van der Waals surface area contributed by atoms with Crippen molar-refractivity contribution < 1.29 is 27.1 Å². The minimum Gasteiger partial charge on any atom is -0.381 e.